The third-order valence-corrected chi connectivity index (χ3v) is 9.26. The van der Waals surface area contributed by atoms with E-state index >= 15 is 0 Å². The number of H-pyrrole nitrogens is 2. The number of aliphatic carboxylic acids is 1. The lowest BCUT2D eigenvalue weighted by atomic mass is 9.96. The fraction of sp³-hybridized carbons (Fsp3) is 0.351. The average molecular weight is 591 g/mol. The summed E-state index contributed by atoms with van der Waals surface area (Å²) in [6, 6.07) is -0.0662. The van der Waals surface area contributed by atoms with E-state index in [1.807, 2.05) is 45.1 Å². The number of fused-ring (bicyclic) bond motifs is 6. The van der Waals surface area contributed by atoms with Crippen molar-refractivity contribution >= 4 is 41.4 Å². The van der Waals surface area contributed by atoms with Crippen molar-refractivity contribution in [2.24, 2.45) is 15.9 Å². The largest absolute Gasteiger partial charge is 0.481 e. The molecule has 3 N–H and O–H groups in total. The molecule has 5 rings (SSSR count). The monoisotopic (exact) mass is 590 g/mol. The fourth-order valence-corrected chi connectivity index (χ4v) is 6.42. The maximum atomic E-state index is 12.7. The SMILES string of the molecule is C=CC1=C(C)C2Cc3[nH]c(c(C)c3C=C)/C=c3\[nH]/c(c(CCC(=O)C(C)C)c3C)=C\C3=NC(=C\C1=N2)/C(C)=C3CCC(=O)O. The van der Waals surface area contributed by atoms with Crippen molar-refractivity contribution in [3.63, 3.8) is 0 Å². The molecule has 1 unspecified atom stereocenters. The number of hydrogen-bond acceptors (Lipinski definition) is 4. The van der Waals surface area contributed by atoms with E-state index in [2.05, 4.69) is 50.0 Å². The number of aromatic nitrogens is 2. The van der Waals surface area contributed by atoms with Crippen molar-refractivity contribution in [2.45, 2.75) is 79.7 Å². The number of carbonyl (C=O) groups is 2. The van der Waals surface area contributed by atoms with Gasteiger partial charge in [-0.1, -0.05) is 39.2 Å². The van der Waals surface area contributed by atoms with Crippen LogP contribution in [-0.2, 0) is 22.4 Å². The van der Waals surface area contributed by atoms with Gasteiger partial charge in [0.2, 0.25) is 0 Å². The lowest BCUT2D eigenvalue weighted by Crippen LogP contribution is -2.17. The topological polar surface area (TPSA) is 111 Å². The predicted molar refractivity (Wildman–Crippen MR) is 180 cm³/mol. The molecule has 2 aromatic heterocycles. The number of Topliss-reactive ketones (excluding diaryl/α,β-unsaturated/α-hetero) is 1. The van der Waals surface area contributed by atoms with E-state index in [4.69, 9.17) is 9.98 Å². The Labute approximate surface area is 259 Å². The molecule has 1 atom stereocenters. The van der Waals surface area contributed by atoms with E-state index in [1.165, 1.54) is 0 Å². The lowest BCUT2D eigenvalue weighted by Gasteiger charge is -2.09. The summed E-state index contributed by atoms with van der Waals surface area (Å²) in [6.45, 7) is 20.4. The molecule has 0 fully saturated rings. The molecule has 0 saturated carbocycles. The highest BCUT2D eigenvalue weighted by Gasteiger charge is 2.27. The van der Waals surface area contributed by atoms with E-state index in [0.29, 0.717) is 25.7 Å². The van der Waals surface area contributed by atoms with Crippen molar-refractivity contribution in [1.29, 1.82) is 0 Å². The van der Waals surface area contributed by atoms with Crippen LogP contribution in [0.15, 0.2) is 63.3 Å². The van der Waals surface area contributed by atoms with E-state index in [0.717, 1.165) is 83.8 Å². The molecule has 228 valence electrons. The van der Waals surface area contributed by atoms with E-state index in [9.17, 15) is 14.7 Å². The Morgan fingerprint density at radius 3 is 2.39 bits per heavy atom. The molecule has 5 heterocycles. The predicted octanol–water partition coefficient (Wildman–Crippen LogP) is 5.77. The highest BCUT2D eigenvalue weighted by atomic mass is 16.4. The molecule has 0 aromatic carbocycles. The zero-order chi connectivity index (χ0) is 31.9. The molecule has 44 heavy (non-hydrogen) atoms. The van der Waals surface area contributed by atoms with Crippen molar-refractivity contribution in [3.05, 3.63) is 97.6 Å². The van der Waals surface area contributed by atoms with Gasteiger partial charge in [0.05, 0.1) is 23.2 Å². The van der Waals surface area contributed by atoms with Gasteiger partial charge in [0.15, 0.2) is 0 Å². The molecule has 2 aromatic rings. The quantitative estimate of drug-likeness (QED) is 0.345. The second-order valence-corrected chi connectivity index (χ2v) is 12.3. The van der Waals surface area contributed by atoms with Crippen LogP contribution in [-0.4, -0.2) is 44.3 Å². The van der Waals surface area contributed by atoms with Gasteiger partial charge in [0.1, 0.15) is 5.78 Å². The van der Waals surface area contributed by atoms with Gasteiger partial charge in [-0.3, -0.25) is 14.6 Å². The van der Waals surface area contributed by atoms with Crippen LogP contribution in [0.1, 0.15) is 80.6 Å². The number of nitrogens with zero attached hydrogens (tertiary/aromatic N) is 2. The van der Waals surface area contributed by atoms with Gasteiger partial charge in [-0.2, -0.15) is 0 Å². The zero-order valence-corrected chi connectivity index (χ0v) is 26.6. The number of ketones is 1. The Morgan fingerprint density at radius 2 is 1.73 bits per heavy atom. The number of carboxylic acid groups (broad SMARTS) is 1. The maximum Gasteiger partial charge on any atom is 0.303 e. The van der Waals surface area contributed by atoms with Crippen LogP contribution >= 0.6 is 0 Å². The summed E-state index contributed by atoms with van der Waals surface area (Å²) in [7, 11) is 0. The summed E-state index contributed by atoms with van der Waals surface area (Å²) in [5, 5.41) is 11.4. The number of carbonyl (C=O) groups excluding carboxylic acids is 1. The number of carboxylic acids is 1. The first-order valence-corrected chi connectivity index (χ1v) is 15.3. The Kier molecular flexibility index (Phi) is 8.60. The fourth-order valence-electron chi connectivity index (χ4n) is 6.42. The second kappa shape index (κ2) is 12.2. The molecule has 3 aliphatic heterocycles. The normalized spacial score (nSPS) is 20.4. The molecular weight excluding hydrogens is 548 g/mol. The van der Waals surface area contributed by atoms with Crippen molar-refractivity contribution < 1.29 is 14.7 Å². The summed E-state index contributed by atoms with van der Waals surface area (Å²) in [5.74, 6) is -0.661. The van der Waals surface area contributed by atoms with Gasteiger partial charge in [0.25, 0.3) is 0 Å². The minimum Gasteiger partial charge on any atom is -0.481 e. The lowest BCUT2D eigenvalue weighted by molar-refractivity contribution is -0.137. The summed E-state index contributed by atoms with van der Waals surface area (Å²) >= 11 is 0. The highest BCUT2D eigenvalue weighted by molar-refractivity contribution is 6.24. The minimum absolute atomic E-state index is 0.00509. The molecule has 0 radical (unpaired) electrons. The Hall–Kier alpha value is -4.52. The van der Waals surface area contributed by atoms with E-state index in [-0.39, 0.29) is 24.2 Å². The van der Waals surface area contributed by atoms with Gasteiger partial charge in [0, 0.05) is 52.8 Å². The third-order valence-electron chi connectivity index (χ3n) is 9.26. The number of nitrogens with one attached hydrogen (secondary N) is 2. The molecule has 0 aliphatic carbocycles. The molecule has 3 aliphatic rings. The number of rotatable bonds is 9. The molecule has 8 bridgehead atoms. The smallest absolute Gasteiger partial charge is 0.303 e. The standard InChI is InChI=1S/C37H42N4O3/c1-9-24-20(5)28-15-29-22(7)26(11-13-36(42)19(3)4)34(40-29)18-35-27(12-14-37(43)44)23(8)31(41-35)17-33-25(10-2)21(6)30(39-33)16-32(24)38-28/h9-10,15,17-19,30,38,40H,1-2,11-14,16H2,3-8H3,(H,43,44)/b29-15-,31-17-,34-18-. The molecule has 7 nitrogen and oxygen atoms in total. The summed E-state index contributed by atoms with van der Waals surface area (Å²) in [4.78, 5) is 41.8. The van der Waals surface area contributed by atoms with E-state index in [1.54, 1.807) is 0 Å². The van der Waals surface area contributed by atoms with Crippen molar-refractivity contribution in [3.8, 4) is 0 Å². The number of aliphatic imine (C=N–C) groups is 2. The molecule has 7 heteroatoms. The van der Waals surface area contributed by atoms with Crippen molar-refractivity contribution in [2.75, 3.05) is 0 Å². The number of allylic oxidation sites excluding steroid dienone is 5. The number of hydrogen-bond donors (Lipinski definition) is 3. The third kappa shape index (κ3) is 5.71. The van der Waals surface area contributed by atoms with Crippen LogP contribution in [0.3, 0.4) is 0 Å². The van der Waals surface area contributed by atoms with Crippen LogP contribution in [0.4, 0.5) is 0 Å². The summed E-state index contributed by atoms with van der Waals surface area (Å²) in [5.41, 5.74) is 12.7. The van der Waals surface area contributed by atoms with Gasteiger partial charge >= 0.3 is 5.97 Å². The minimum atomic E-state index is -0.851. The molecule has 0 amide bonds. The van der Waals surface area contributed by atoms with Gasteiger partial charge < -0.3 is 15.1 Å². The van der Waals surface area contributed by atoms with Gasteiger partial charge in [-0.25, -0.2) is 4.99 Å². The average Bonchev–Trinajstić information content (AvgIpc) is 3.63. The van der Waals surface area contributed by atoms with Crippen molar-refractivity contribution in [1.82, 2.24) is 9.97 Å². The van der Waals surface area contributed by atoms with Crippen LogP contribution in [0, 0.1) is 19.8 Å². The zero-order valence-electron chi connectivity index (χ0n) is 26.6. The first-order valence-electron chi connectivity index (χ1n) is 15.3. The Bertz CT molecular complexity index is 1880. The molecular formula is C37H42N4O3. The van der Waals surface area contributed by atoms with Crippen LogP contribution in [0.2, 0.25) is 0 Å². The Balaban J connectivity index is 1.80. The van der Waals surface area contributed by atoms with Gasteiger partial charge in [-0.05, 0) is 97.7 Å². The first kappa shape index (κ1) is 30.9. The first-order chi connectivity index (χ1) is 20.9. The van der Waals surface area contributed by atoms with Gasteiger partial charge in [-0.15, -0.1) is 0 Å². The second-order valence-electron chi connectivity index (χ2n) is 12.3. The molecule has 0 saturated heterocycles. The molecule has 0 spiro atoms. The highest BCUT2D eigenvalue weighted by Crippen LogP contribution is 2.33. The van der Waals surface area contributed by atoms with Crippen LogP contribution in [0.25, 0.3) is 18.2 Å². The van der Waals surface area contributed by atoms with Crippen LogP contribution in [0.5, 0.6) is 0 Å². The number of aromatic amines is 2. The van der Waals surface area contributed by atoms with E-state index < -0.39 is 5.97 Å². The summed E-state index contributed by atoms with van der Waals surface area (Å²) in [6.07, 6.45) is 12.0. The maximum absolute atomic E-state index is 12.7. The Morgan fingerprint density at radius 1 is 0.977 bits per heavy atom. The summed E-state index contributed by atoms with van der Waals surface area (Å²) < 4.78 is 0. The van der Waals surface area contributed by atoms with Crippen LogP contribution < -0.4 is 10.7 Å².